The van der Waals surface area contributed by atoms with E-state index in [1.807, 2.05) is 0 Å². The largest absolute Gasteiger partial charge is 2.00 e. The zero-order valence-corrected chi connectivity index (χ0v) is 11.3. The molecule has 1 nitrogen and oxygen atoms in total. The number of rotatable bonds is 0. The second kappa shape index (κ2) is 16.1. The number of hydrogen-bond donors (Lipinski definition) is 0. The van der Waals surface area contributed by atoms with Crippen molar-refractivity contribution in [2.45, 2.75) is 0 Å². The van der Waals surface area contributed by atoms with Gasteiger partial charge in [0.25, 0.3) is 0 Å². The zero-order valence-electron chi connectivity index (χ0n) is 4.12. The van der Waals surface area contributed by atoms with Gasteiger partial charge in [-0.15, -0.1) is 0 Å². The molecule has 0 rings (SSSR count). The van der Waals surface area contributed by atoms with Crippen LogP contribution in [0.4, 0.5) is 0 Å². The third-order valence-corrected chi connectivity index (χ3v) is 0. The van der Waals surface area contributed by atoms with Gasteiger partial charge in [-0.3, -0.25) is 0 Å². The summed E-state index contributed by atoms with van der Waals surface area (Å²) in [7, 11) is 0. The van der Waals surface area contributed by atoms with Crippen LogP contribution in [0, 0.1) is 41.3 Å². The van der Waals surface area contributed by atoms with Crippen molar-refractivity contribution in [3.63, 3.8) is 0 Å². The van der Waals surface area contributed by atoms with Crippen LogP contribution in [0.1, 0.15) is 2.85 Å². The molecule has 0 aliphatic rings. The molecule has 0 aliphatic heterocycles. The molecule has 0 saturated carbocycles. The van der Waals surface area contributed by atoms with Crippen LogP contribution in [0.25, 0.3) is 0 Å². The van der Waals surface area contributed by atoms with E-state index in [4.69, 9.17) is 0 Å². The van der Waals surface area contributed by atoms with Crippen LogP contribution >= 0.6 is 0 Å². The second-order valence-corrected chi connectivity index (χ2v) is 0. The van der Waals surface area contributed by atoms with Crippen LogP contribution in [0.15, 0.2) is 0 Å². The van der Waals surface area contributed by atoms with E-state index in [0.717, 1.165) is 0 Å². The van der Waals surface area contributed by atoms with Gasteiger partial charge in [-0.05, 0) is 0 Å². The summed E-state index contributed by atoms with van der Waals surface area (Å²) in [6.45, 7) is 0. The SMILES string of the molecule is O.[Ba+2].[Co].[H-].[H-].[Pr]. The quantitative estimate of drug-likeness (QED) is 0.499. The molecule has 4 heteroatoms. The van der Waals surface area contributed by atoms with Gasteiger partial charge >= 0.3 is 48.9 Å². The molecule has 0 saturated heterocycles. The molecule has 0 spiro atoms. The molecule has 0 aliphatic carbocycles. The van der Waals surface area contributed by atoms with E-state index >= 15 is 0 Å². The molecular weight excluding hydrogens is 353 g/mol. The molecular formula is H4BaCoOPr. The fraction of sp³-hybridized carbons (Fsp3) is 0. The third kappa shape index (κ3) is 9.04. The maximum Gasteiger partial charge on any atom is 2.00 e. The topological polar surface area (TPSA) is 31.5 Å². The maximum absolute atomic E-state index is 0. The van der Waals surface area contributed by atoms with Crippen LogP contribution in [-0.4, -0.2) is 54.4 Å². The maximum atomic E-state index is 0. The van der Waals surface area contributed by atoms with Crippen molar-refractivity contribution in [2.75, 3.05) is 0 Å². The third-order valence-electron chi connectivity index (χ3n) is 0. The van der Waals surface area contributed by atoms with E-state index in [-0.39, 0.29) is 115 Å². The van der Waals surface area contributed by atoms with Gasteiger partial charge in [0.15, 0.2) is 0 Å². The minimum Gasteiger partial charge on any atom is -1.00 e. The summed E-state index contributed by atoms with van der Waals surface area (Å²) < 4.78 is 0. The first kappa shape index (κ1) is 26.2. The van der Waals surface area contributed by atoms with E-state index in [1.165, 1.54) is 0 Å². The van der Waals surface area contributed by atoms with Crippen molar-refractivity contribution >= 4 is 48.9 Å². The summed E-state index contributed by atoms with van der Waals surface area (Å²) in [5, 5.41) is 0. The van der Waals surface area contributed by atoms with Gasteiger partial charge in [-0.25, -0.2) is 0 Å². The first-order chi connectivity index (χ1) is 0. The fourth-order valence-corrected chi connectivity index (χ4v) is 0. The Bertz CT molecular complexity index is 13.5. The van der Waals surface area contributed by atoms with Gasteiger partial charge in [0.1, 0.15) is 0 Å². The molecule has 0 fully saturated rings. The summed E-state index contributed by atoms with van der Waals surface area (Å²) in [5.74, 6) is 0. The van der Waals surface area contributed by atoms with Crippen LogP contribution < -0.4 is 0 Å². The summed E-state index contributed by atoms with van der Waals surface area (Å²) in [5.41, 5.74) is 0. The van der Waals surface area contributed by atoms with Gasteiger partial charge in [0.05, 0.1) is 0 Å². The summed E-state index contributed by atoms with van der Waals surface area (Å²) in [4.78, 5) is 0. The molecule has 4 heavy (non-hydrogen) atoms. The van der Waals surface area contributed by atoms with Crippen molar-refractivity contribution in [1.82, 2.24) is 0 Å². The van der Waals surface area contributed by atoms with Crippen molar-refractivity contribution in [3.05, 3.63) is 0 Å². The Labute approximate surface area is 112 Å². The predicted molar refractivity (Wildman–Crippen MR) is 11.6 cm³/mol. The Balaban J connectivity index is 0. The molecule has 0 aromatic rings. The molecule has 0 aromatic heterocycles. The molecule has 2 radical (unpaired) electrons. The summed E-state index contributed by atoms with van der Waals surface area (Å²) in [6, 6.07) is 0. The van der Waals surface area contributed by atoms with E-state index in [1.54, 1.807) is 0 Å². The van der Waals surface area contributed by atoms with Gasteiger partial charge in [0, 0.05) is 58.1 Å². The van der Waals surface area contributed by atoms with E-state index in [2.05, 4.69) is 0 Å². The summed E-state index contributed by atoms with van der Waals surface area (Å²) >= 11 is 0. The Morgan fingerprint density at radius 3 is 1.25 bits per heavy atom. The van der Waals surface area contributed by atoms with Crippen molar-refractivity contribution < 1.29 is 66.4 Å². The van der Waals surface area contributed by atoms with E-state index < -0.39 is 0 Å². The van der Waals surface area contributed by atoms with Crippen molar-refractivity contribution in [3.8, 4) is 0 Å². The van der Waals surface area contributed by atoms with Crippen molar-refractivity contribution in [1.29, 1.82) is 0 Å². The Morgan fingerprint density at radius 2 is 1.25 bits per heavy atom. The summed E-state index contributed by atoms with van der Waals surface area (Å²) in [6.07, 6.45) is 0. The molecule has 0 atom stereocenters. The molecule has 0 heterocycles. The van der Waals surface area contributed by atoms with Gasteiger partial charge < -0.3 is 8.33 Å². The molecule has 0 aromatic carbocycles. The average molecular weight is 357 g/mol. The smallest absolute Gasteiger partial charge is 1.00 e. The van der Waals surface area contributed by atoms with Gasteiger partial charge in [0.2, 0.25) is 0 Å². The zero-order chi connectivity index (χ0) is 0. The Morgan fingerprint density at radius 1 is 1.25 bits per heavy atom. The average Bonchev–Trinajstić information content (AvgIpc) is 0. The predicted octanol–water partition coefficient (Wildman–Crippen LogP) is -0.983. The van der Waals surface area contributed by atoms with E-state index in [0.29, 0.717) is 0 Å². The molecule has 2 N–H and O–H groups in total. The minimum absolute atomic E-state index is 0. The molecule has 0 amide bonds. The Kier molecular flexibility index (Phi) is 106. The van der Waals surface area contributed by atoms with Gasteiger partial charge in [-0.1, -0.05) is 0 Å². The molecule has 0 bridgehead atoms. The minimum atomic E-state index is 0. The first-order valence-corrected chi connectivity index (χ1v) is 0. The van der Waals surface area contributed by atoms with Crippen LogP contribution in [0.2, 0.25) is 0 Å². The Hall–Kier alpha value is 3.40. The number of hydrogen-bond acceptors (Lipinski definition) is 0. The normalized spacial score (nSPS) is 0. The van der Waals surface area contributed by atoms with Crippen molar-refractivity contribution in [2.24, 2.45) is 0 Å². The van der Waals surface area contributed by atoms with Crippen LogP contribution in [0.5, 0.6) is 0 Å². The fourth-order valence-electron chi connectivity index (χ4n) is 0. The standard InChI is InChI=1S/Ba.Co.H2O.Pr.2H/h;;1H2;;;/q+2;;;;2*-1. The van der Waals surface area contributed by atoms with Gasteiger partial charge in [-0.2, -0.15) is 0 Å². The van der Waals surface area contributed by atoms with Crippen LogP contribution in [-0.2, 0) is 16.8 Å². The first-order valence-electron chi connectivity index (χ1n) is 0. The van der Waals surface area contributed by atoms with Crippen LogP contribution in [0.3, 0.4) is 0 Å². The van der Waals surface area contributed by atoms with E-state index in [9.17, 15) is 0 Å². The molecule has 0 unspecified atom stereocenters. The second-order valence-electron chi connectivity index (χ2n) is 0. The molecule has 24 valence electrons. The monoisotopic (exact) mass is 358 g/mol.